The number of hydrogen-bond acceptors (Lipinski definition) is 1. The molecule has 0 amide bonds. The van der Waals surface area contributed by atoms with Gasteiger partial charge in [-0.3, -0.25) is 0 Å². The number of hydrogen-bond donors (Lipinski definition) is 0. The second-order valence-corrected chi connectivity index (χ2v) is 11.0. The number of fused-ring (bicyclic) bond motifs is 3. The summed E-state index contributed by atoms with van der Waals surface area (Å²) >= 11 is 0. The van der Waals surface area contributed by atoms with Crippen molar-refractivity contribution in [1.29, 1.82) is 0 Å². The van der Waals surface area contributed by atoms with Crippen molar-refractivity contribution in [2.24, 2.45) is 7.05 Å². The first-order valence-electron chi connectivity index (χ1n) is 13.6. The number of furan rings is 1. The van der Waals surface area contributed by atoms with Crippen LogP contribution >= 0.6 is 0 Å². The van der Waals surface area contributed by atoms with Crippen LogP contribution in [0.1, 0.15) is 42.0 Å². The van der Waals surface area contributed by atoms with Gasteiger partial charge in [0, 0.05) is 22.9 Å². The maximum atomic E-state index is 15.5. The zero-order valence-electron chi connectivity index (χ0n) is 23.4. The lowest BCUT2D eigenvalue weighted by Crippen LogP contribution is -2.31. The van der Waals surface area contributed by atoms with Crippen molar-refractivity contribution in [2.75, 3.05) is 0 Å². The summed E-state index contributed by atoms with van der Waals surface area (Å²) in [4.78, 5) is 0. The normalized spacial score (nSPS) is 11.7. The van der Waals surface area contributed by atoms with Gasteiger partial charge in [0.15, 0.2) is 6.20 Å². The fourth-order valence-corrected chi connectivity index (χ4v) is 5.83. The summed E-state index contributed by atoms with van der Waals surface area (Å²) in [6, 6.07) is 26.5. The first-order chi connectivity index (χ1) is 18.7. The number of pyridine rings is 1. The molecule has 0 aliphatic heterocycles. The highest BCUT2D eigenvalue weighted by atomic mass is 19.1. The quantitative estimate of drug-likeness (QED) is 0.214. The minimum absolute atomic E-state index is 0.285. The summed E-state index contributed by atoms with van der Waals surface area (Å²) in [6.07, 6.45) is 2.11. The van der Waals surface area contributed by atoms with Crippen LogP contribution in [0, 0.1) is 26.6 Å². The van der Waals surface area contributed by atoms with Gasteiger partial charge in [0.25, 0.3) is 0 Å². The predicted molar refractivity (Wildman–Crippen MR) is 159 cm³/mol. The second-order valence-electron chi connectivity index (χ2n) is 11.0. The van der Waals surface area contributed by atoms with Crippen molar-refractivity contribution >= 4 is 21.9 Å². The molecule has 0 radical (unpaired) electrons. The Balaban J connectivity index is 1.57. The van der Waals surface area contributed by atoms with E-state index in [1.165, 1.54) is 22.3 Å². The van der Waals surface area contributed by atoms with Crippen molar-refractivity contribution in [3.63, 3.8) is 0 Å². The van der Waals surface area contributed by atoms with E-state index in [-0.39, 0.29) is 5.82 Å². The molecule has 2 aromatic heterocycles. The largest absolute Gasteiger partial charge is 0.454 e. The van der Waals surface area contributed by atoms with Crippen LogP contribution in [-0.2, 0) is 7.05 Å². The molecule has 0 aliphatic rings. The van der Waals surface area contributed by atoms with Crippen LogP contribution in [0.25, 0.3) is 55.4 Å². The first-order valence-corrected chi connectivity index (χ1v) is 13.6. The zero-order chi connectivity index (χ0) is 27.4. The number of nitrogens with zero attached hydrogens (tertiary/aromatic N) is 1. The van der Waals surface area contributed by atoms with E-state index >= 15 is 4.39 Å². The molecule has 0 N–H and O–H groups in total. The Kier molecular flexibility index (Phi) is 6.10. The summed E-state index contributed by atoms with van der Waals surface area (Å²) in [5.74, 6) is 0.124. The molecule has 0 aliphatic carbocycles. The Hall–Kier alpha value is -4.24. The first kappa shape index (κ1) is 25.1. The number of aryl methyl sites for hydroxylation is 4. The highest BCUT2D eigenvalue weighted by Gasteiger charge is 2.24. The van der Waals surface area contributed by atoms with Crippen molar-refractivity contribution in [1.82, 2.24) is 0 Å². The monoisotopic (exact) mass is 514 g/mol. The lowest BCUT2D eigenvalue weighted by Gasteiger charge is -2.11. The van der Waals surface area contributed by atoms with Gasteiger partial charge >= 0.3 is 0 Å². The van der Waals surface area contributed by atoms with Crippen LogP contribution in [0.2, 0.25) is 0 Å². The molecule has 0 fully saturated rings. The smallest absolute Gasteiger partial charge is 0.216 e. The molecule has 3 heteroatoms. The van der Waals surface area contributed by atoms with E-state index in [4.69, 9.17) is 4.42 Å². The molecule has 6 rings (SSSR count). The molecule has 0 saturated heterocycles. The van der Waals surface area contributed by atoms with Gasteiger partial charge in [-0.2, -0.15) is 0 Å². The lowest BCUT2D eigenvalue weighted by molar-refractivity contribution is -0.660. The van der Waals surface area contributed by atoms with Crippen molar-refractivity contribution < 1.29 is 13.4 Å². The van der Waals surface area contributed by atoms with E-state index < -0.39 is 0 Å². The zero-order valence-corrected chi connectivity index (χ0v) is 23.4. The van der Waals surface area contributed by atoms with Crippen LogP contribution in [-0.4, -0.2) is 0 Å². The van der Waals surface area contributed by atoms with Crippen LogP contribution in [0.3, 0.4) is 0 Å². The fourth-order valence-electron chi connectivity index (χ4n) is 5.83. The second kappa shape index (κ2) is 9.50. The summed E-state index contributed by atoms with van der Waals surface area (Å²) < 4.78 is 24.3. The Morgan fingerprint density at radius 3 is 1.87 bits per heavy atom. The Morgan fingerprint density at radius 1 is 0.667 bits per heavy atom. The van der Waals surface area contributed by atoms with E-state index in [2.05, 4.69) is 107 Å². The number of rotatable bonds is 4. The lowest BCUT2D eigenvalue weighted by atomic mass is 9.93. The molecule has 0 unspecified atom stereocenters. The third-order valence-electron chi connectivity index (χ3n) is 8.01. The van der Waals surface area contributed by atoms with Gasteiger partial charge in [-0.1, -0.05) is 68.4 Å². The fraction of sp³-hybridized carbons (Fsp3) is 0.194. The molecular formula is C36H33FNO+. The molecule has 194 valence electrons. The van der Waals surface area contributed by atoms with Gasteiger partial charge in [-0.15, -0.1) is 0 Å². The molecule has 0 atom stereocenters. The van der Waals surface area contributed by atoms with Gasteiger partial charge in [0.1, 0.15) is 24.0 Å². The van der Waals surface area contributed by atoms with E-state index in [0.717, 1.165) is 44.3 Å². The minimum Gasteiger partial charge on any atom is -0.454 e. The van der Waals surface area contributed by atoms with Crippen LogP contribution in [0.15, 0.2) is 89.5 Å². The third kappa shape index (κ3) is 4.13. The highest BCUT2D eigenvalue weighted by Crippen LogP contribution is 2.42. The minimum atomic E-state index is -0.285. The maximum absolute atomic E-state index is 15.5. The molecule has 0 spiro atoms. The van der Waals surface area contributed by atoms with Gasteiger partial charge < -0.3 is 4.42 Å². The topological polar surface area (TPSA) is 17.0 Å². The molecule has 6 aromatic rings. The Labute approximate surface area is 229 Å². The third-order valence-corrected chi connectivity index (χ3v) is 8.01. The summed E-state index contributed by atoms with van der Waals surface area (Å²) in [5.41, 5.74) is 12.0. The van der Waals surface area contributed by atoms with Gasteiger partial charge in [-0.05, 0) is 77.8 Å². The van der Waals surface area contributed by atoms with Crippen molar-refractivity contribution in [3.05, 3.63) is 113 Å². The van der Waals surface area contributed by atoms with Gasteiger partial charge in [0.2, 0.25) is 5.69 Å². The van der Waals surface area contributed by atoms with E-state index in [9.17, 15) is 0 Å². The number of aromatic nitrogens is 1. The number of benzene rings is 4. The van der Waals surface area contributed by atoms with E-state index in [1.54, 1.807) is 6.07 Å². The number of halogens is 1. The molecule has 2 nitrogen and oxygen atoms in total. The summed E-state index contributed by atoms with van der Waals surface area (Å²) in [5, 5.41) is 1.91. The van der Waals surface area contributed by atoms with Crippen molar-refractivity contribution in [3.8, 4) is 33.5 Å². The van der Waals surface area contributed by atoms with Gasteiger partial charge in [-0.25, -0.2) is 8.96 Å². The Morgan fingerprint density at radius 2 is 1.23 bits per heavy atom. The summed E-state index contributed by atoms with van der Waals surface area (Å²) in [7, 11) is 2.06. The van der Waals surface area contributed by atoms with Crippen LogP contribution in [0.4, 0.5) is 4.39 Å². The summed E-state index contributed by atoms with van der Waals surface area (Å²) in [6.45, 7) is 10.8. The Bertz CT molecular complexity index is 1860. The SMILES string of the molecule is Cc1cccc(C)c1-c1ccc(-c2c(F)ccc3c2oc2c(-c4cc(C(C)C)cc[n+]4C)c(C)ccc23)cc1. The van der Waals surface area contributed by atoms with Crippen molar-refractivity contribution in [2.45, 2.75) is 40.5 Å². The molecule has 0 saturated carbocycles. The van der Waals surface area contributed by atoms with Gasteiger partial charge in [0.05, 0.1) is 11.1 Å². The highest BCUT2D eigenvalue weighted by molar-refractivity contribution is 6.13. The average molecular weight is 515 g/mol. The standard InChI is InChI=1S/C36H33FNO/c1-21(2)27-18-19-38(6)31(20-27)33-24(5)10-15-28-29-16-17-30(37)34(36(29)39-35(28)33)26-13-11-25(12-14-26)32-22(3)8-7-9-23(32)4/h7-21H,1-6H3/q+1. The predicted octanol–water partition coefficient (Wildman–Crippen LogP) is 9.60. The molecule has 39 heavy (non-hydrogen) atoms. The average Bonchev–Trinajstić information content (AvgIpc) is 3.28. The molecular weight excluding hydrogens is 481 g/mol. The molecule has 4 aromatic carbocycles. The molecule has 0 bridgehead atoms. The van der Waals surface area contributed by atoms with Crippen LogP contribution < -0.4 is 4.57 Å². The van der Waals surface area contributed by atoms with E-state index in [0.29, 0.717) is 17.1 Å². The van der Waals surface area contributed by atoms with E-state index in [1.807, 2.05) is 18.2 Å². The van der Waals surface area contributed by atoms with Crippen LogP contribution in [0.5, 0.6) is 0 Å². The molecule has 2 heterocycles. The maximum Gasteiger partial charge on any atom is 0.216 e.